The molecule has 5 aromatic rings. The van der Waals surface area contributed by atoms with E-state index in [0.717, 1.165) is 44.9 Å². The van der Waals surface area contributed by atoms with Crippen molar-refractivity contribution in [3.63, 3.8) is 0 Å². The Morgan fingerprint density at radius 1 is 1.00 bits per heavy atom. The van der Waals surface area contributed by atoms with Gasteiger partial charge < -0.3 is 24.5 Å². The molecule has 1 saturated heterocycles. The predicted octanol–water partition coefficient (Wildman–Crippen LogP) is 1.86. The second-order valence-electron chi connectivity index (χ2n) is 9.80. The summed E-state index contributed by atoms with van der Waals surface area (Å²) in [6.45, 7) is 6.33. The van der Waals surface area contributed by atoms with Crippen LogP contribution in [0.5, 0.6) is 5.75 Å². The van der Waals surface area contributed by atoms with Gasteiger partial charge in [-0.15, -0.1) is 5.10 Å². The van der Waals surface area contributed by atoms with Crippen molar-refractivity contribution in [1.29, 1.82) is 0 Å². The van der Waals surface area contributed by atoms with Gasteiger partial charge in [0, 0.05) is 52.6 Å². The van der Waals surface area contributed by atoms with Crippen LogP contribution in [0.25, 0.3) is 28.4 Å². The molecule has 0 radical (unpaired) electrons. The maximum atomic E-state index is 13.2. The molecule has 1 aromatic carbocycles. The van der Waals surface area contributed by atoms with E-state index in [1.807, 2.05) is 12.1 Å². The van der Waals surface area contributed by atoms with Gasteiger partial charge in [0.1, 0.15) is 17.9 Å². The fourth-order valence-electron chi connectivity index (χ4n) is 5.18. The van der Waals surface area contributed by atoms with Crippen LogP contribution in [0.1, 0.15) is 6.42 Å². The highest BCUT2D eigenvalue weighted by Gasteiger charge is 2.22. The summed E-state index contributed by atoms with van der Waals surface area (Å²) in [6, 6.07) is 11.8. The lowest BCUT2D eigenvalue weighted by Gasteiger charge is -2.36. The molecule has 13 nitrogen and oxygen atoms in total. The number of methoxy groups -OCH3 is 1. The molecule has 0 aliphatic carbocycles. The zero-order valence-electron chi connectivity index (χ0n) is 22.7. The standard InChI is InChI=1S/C27H33N9O4/c1-32-22-24(30-26(28)36-25(22)29-23(31-36)21-5-3-16-40-21)35(27(32)37)11-4-10-33-12-14-34(15-13-33)19-6-8-20(9-7-19)39-18-17-38-2/h3,5-9,16H,4,10-15,17-18H2,1-2H3,(H2,28,30). The van der Waals surface area contributed by atoms with E-state index in [1.54, 1.807) is 41.7 Å². The molecule has 13 heteroatoms. The molecule has 1 fully saturated rings. The Morgan fingerprint density at radius 3 is 2.52 bits per heavy atom. The minimum Gasteiger partial charge on any atom is -0.491 e. The average Bonchev–Trinajstić information content (AvgIpc) is 3.71. The van der Waals surface area contributed by atoms with Gasteiger partial charge in [0.25, 0.3) is 0 Å². The number of imidazole rings is 1. The SMILES string of the molecule is COCCOc1ccc(N2CCN(CCCn3c(=O)n(C)c4c3nc(N)n3nc(-c5ccco5)nc43)CC2)cc1. The Labute approximate surface area is 230 Å². The van der Waals surface area contributed by atoms with Gasteiger partial charge in [-0.05, 0) is 49.4 Å². The smallest absolute Gasteiger partial charge is 0.330 e. The van der Waals surface area contributed by atoms with E-state index in [4.69, 9.17) is 19.6 Å². The van der Waals surface area contributed by atoms with E-state index < -0.39 is 0 Å². The fourth-order valence-corrected chi connectivity index (χ4v) is 5.18. The van der Waals surface area contributed by atoms with Crippen molar-refractivity contribution in [1.82, 2.24) is 33.6 Å². The van der Waals surface area contributed by atoms with Crippen LogP contribution in [-0.2, 0) is 18.3 Å². The van der Waals surface area contributed by atoms with Crippen molar-refractivity contribution in [2.75, 3.05) is 63.7 Å². The molecule has 0 unspecified atom stereocenters. The molecule has 0 amide bonds. The van der Waals surface area contributed by atoms with Gasteiger partial charge in [-0.3, -0.25) is 14.0 Å². The third-order valence-corrected chi connectivity index (χ3v) is 7.31. The van der Waals surface area contributed by atoms with Gasteiger partial charge in [0.15, 0.2) is 17.1 Å². The van der Waals surface area contributed by atoms with Crippen molar-refractivity contribution < 1.29 is 13.9 Å². The molecule has 6 rings (SSSR count). The van der Waals surface area contributed by atoms with Crippen LogP contribution >= 0.6 is 0 Å². The average molecular weight is 548 g/mol. The minimum atomic E-state index is -0.156. The summed E-state index contributed by atoms with van der Waals surface area (Å²) in [5, 5.41) is 4.43. The molecule has 210 valence electrons. The van der Waals surface area contributed by atoms with Crippen LogP contribution in [0, 0.1) is 0 Å². The number of hydrogen-bond acceptors (Lipinski definition) is 10. The first kappa shape index (κ1) is 25.9. The number of fused-ring (bicyclic) bond motifs is 3. The fraction of sp³-hybridized carbons (Fsp3) is 0.407. The molecular weight excluding hydrogens is 514 g/mol. The monoisotopic (exact) mass is 547 g/mol. The van der Waals surface area contributed by atoms with Crippen LogP contribution in [0.4, 0.5) is 11.6 Å². The number of furan rings is 1. The molecule has 2 N–H and O–H groups in total. The Hall–Kier alpha value is -4.36. The zero-order valence-corrected chi connectivity index (χ0v) is 22.7. The van der Waals surface area contributed by atoms with Gasteiger partial charge >= 0.3 is 5.69 Å². The normalized spacial score (nSPS) is 14.5. The quantitative estimate of drug-likeness (QED) is 0.258. The number of aryl methyl sites for hydroxylation is 2. The molecule has 5 heterocycles. The molecule has 40 heavy (non-hydrogen) atoms. The van der Waals surface area contributed by atoms with Crippen molar-refractivity contribution in [2.24, 2.45) is 7.05 Å². The Balaban J connectivity index is 1.09. The van der Waals surface area contributed by atoms with E-state index in [1.165, 1.54) is 10.2 Å². The van der Waals surface area contributed by atoms with Crippen LogP contribution in [0.15, 0.2) is 51.9 Å². The molecule has 0 bridgehead atoms. The zero-order chi connectivity index (χ0) is 27.6. The number of nitrogens with zero attached hydrogens (tertiary/aromatic N) is 8. The molecule has 0 saturated carbocycles. The molecule has 1 aliphatic heterocycles. The highest BCUT2D eigenvalue weighted by Crippen LogP contribution is 2.24. The number of piperazine rings is 1. The van der Waals surface area contributed by atoms with Gasteiger partial charge in [-0.1, -0.05) is 0 Å². The van der Waals surface area contributed by atoms with E-state index in [9.17, 15) is 4.79 Å². The third kappa shape index (κ3) is 4.89. The maximum Gasteiger partial charge on any atom is 0.330 e. The summed E-state index contributed by atoms with van der Waals surface area (Å²) < 4.78 is 20.8. The van der Waals surface area contributed by atoms with Crippen molar-refractivity contribution in [3.8, 4) is 17.3 Å². The summed E-state index contributed by atoms with van der Waals surface area (Å²) >= 11 is 0. The van der Waals surface area contributed by atoms with Crippen molar-refractivity contribution in [3.05, 3.63) is 53.1 Å². The Bertz CT molecular complexity index is 1650. The summed E-state index contributed by atoms with van der Waals surface area (Å²) in [5.41, 5.74) is 8.84. The largest absolute Gasteiger partial charge is 0.491 e. The maximum absolute atomic E-state index is 13.2. The topological polar surface area (TPSA) is 134 Å². The highest BCUT2D eigenvalue weighted by atomic mass is 16.5. The summed E-state index contributed by atoms with van der Waals surface area (Å²) in [6.07, 6.45) is 2.37. The molecule has 4 aromatic heterocycles. The van der Waals surface area contributed by atoms with Crippen molar-refractivity contribution in [2.45, 2.75) is 13.0 Å². The summed E-state index contributed by atoms with van der Waals surface area (Å²) in [4.78, 5) is 27.1. The molecular formula is C27H33N9O4. The minimum absolute atomic E-state index is 0.156. The molecule has 1 aliphatic rings. The number of nitrogen functional groups attached to an aromatic ring is 1. The third-order valence-electron chi connectivity index (χ3n) is 7.31. The number of hydrogen-bond donors (Lipinski definition) is 1. The highest BCUT2D eigenvalue weighted by molar-refractivity contribution is 5.88. The van der Waals surface area contributed by atoms with Gasteiger partial charge in [0.05, 0.1) is 12.9 Å². The number of aromatic nitrogens is 6. The number of benzene rings is 1. The Morgan fingerprint density at radius 2 is 1.80 bits per heavy atom. The van der Waals surface area contributed by atoms with Gasteiger partial charge in [0.2, 0.25) is 11.8 Å². The van der Waals surface area contributed by atoms with Gasteiger partial charge in [-0.25, -0.2) is 9.78 Å². The second kappa shape index (κ2) is 11.0. The number of anilines is 2. The van der Waals surface area contributed by atoms with Crippen LogP contribution in [0.3, 0.4) is 0 Å². The number of nitrogens with two attached hydrogens (primary N) is 1. The lowest BCUT2D eigenvalue weighted by Crippen LogP contribution is -2.46. The summed E-state index contributed by atoms with van der Waals surface area (Å²) in [7, 11) is 3.39. The second-order valence-corrected chi connectivity index (χ2v) is 9.80. The lowest BCUT2D eigenvalue weighted by molar-refractivity contribution is 0.146. The predicted molar refractivity (Wildman–Crippen MR) is 151 cm³/mol. The number of ether oxygens (including phenoxy) is 2. The van der Waals surface area contributed by atoms with Crippen LogP contribution in [0.2, 0.25) is 0 Å². The first-order valence-corrected chi connectivity index (χ1v) is 13.4. The molecule has 0 spiro atoms. The first-order chi connectivity index (χ1) is 19.5. The Kier molecular flexibility index (Phi) is 7.13. The van der Waals surface area contributed by atoms with Crippen LogP contribution in [-0.4, -0.2) is 86.7 Å². The van der Waals surface area contributed by atoms with E-state index in [2.05, 4.69) is 37.0 Å². The van der Waals surface area contributed by atoms with Gasteiger partial charge in [-0.2, -0.15) is 9.50 Å². The number of rotatable bonds is 10. The summed E-state index contributed by atoms with van der Waals surface area (Å²) in [5.74, 6) is 1.92. The van der Waals surface area contributed by atoms with E-state index >= 15 is 0 Å². The molecule has 0 atom stereocenters. The van der Waals surface area contributed by atoms with E-state index in [0.29, 0.717) is 48.2 Å². The first-order valence-electron chi connectivity index (χ1n) is 13.4. The lowest BCUT2D eigenvalue weighted by atomic mass is 10.2. The van der Waals surface area contributed by atoms with Crippen LogP contribution < -0.4 is 21.1 Å². The van der Waals surface area contributed by atoms with E-state index in [-0.39, 0.29) is 11.6 Å². The van der Waals surface area contributed by atoms with Crippen molar-refractivity contribution >= 4 is 28.4 Å².